The third-order valence-electron chi connectivity index (χ3n) is 3.38. The summed E-state index contributed by atoms with van der Waals surface area (Å²) in [4.78, 5) is 19.6. The van der Waals surface area contributed by atoms with Gasteiger partial charge in [0.15, 0.2) is 5.65 Å². The van der Waals surface area contributed by atoms with E-state index >= 15 is 0 Å². The molecular formula is C16H12N4O3. The second kappa shape index (κ2) is 5.77. The standard InChI is InChI=1S/C16H12N4O3/c1-23-12-4-2-11(3-5-12)20-14(6-7-17)19-13-8-10(16(21)22)9-18-15(13)20/h2-5,8-9H,6H2,1H3,(H,21,22). The van der Waals surface area contributed by atoms with Gasteiger partial charge in [-0.3, -0.25) is 4.57 Å². The number of benzene rings is 1. The minimum atomic E-state index is -1.07. The molecule has 0 saturated heterocycles. The molecule has 7 heteroatoms. The summed E-state index contributed by atoms with van der Waals surface area (Å²) in [5.41, 5.74) is 1.77. The normalized spacial score (nSPS) is 10.4. The number of aromatic nitrogens is 3. The van der Waals surface area contributed by atoms with Gasteiger partial charge in [0.25, 0.3) is 0 Å². The smallest absolute Gasteiger partial charge is 0.337 e. The molecular weight excluding hydrogens is 296 g/mol. The highest BCUT2D eigenvalue weighted by Gasteiger charge is 2.15. The highest BCUT2D eigenvalue weighted by Crippen LogP contribution is 2.23. The van der Waals surface area contributed by atoms with Crippen LogP contribution < -0.4 is 4.74 Å². The third-order valence-corrected chi connectivity index (χ3v) is 3.38. The molecule has 0 fully saturated rings. The number of carboxylic acid groups (broad SMARTS) is 1. The first-order valence-corrected chi connectivity index (χ1v) is 6.76. The molecule has 0 bridgehead atoms. The molecule has 114 valence electrons. The zero-order chi connectivity index (χ0) is 16.4. The van der Waals surface area contributed by atoms with Gasteiger partial charge < -0.3 is 9.84 Å². The fourth-order valence-electron chi connectivity index (χ4n) is 2.32. The predicted octanol–water partition coefficient (Wildman–Crippen LogP) is 2.19. The van der Waals surface area contributed by atoms with Gasteiger partial charge in [0.05, 0.1) is 25.2 Å². The molecule has 0 atom stereocenters. The average molecular weight is 308 g/mol. The number of methoxy groups -OCH3 is 1. The van der Waals surface area contributed by atoms with Crippen molar-refractivity contribution >= 4 is 17.1 Å². The summed E-state index contributed by atoms with van der Waals surface area (Å²) in [6.45, 7) is 0. The number of carbonyl (C=O) groups is 1. The first kappa shape index (κ1) is 14.5. The Kier molecular flexibility index (Phi) is 3.65. The van der Waals surface area contributed by atoms with Gasteiger partial charge in [-0.25, -0.2) is 14.8 Å². The molecule has 23 heavy (non-hydrogen) atoms. The minimum Gasteiger partial charge on any atom is -0.497 e. The number of imidazole rings is 1. The summed E-state index contributed by atoms with van der Waals surface area (Å²) >= 11 is 0. The molecule has 7 nitrogen and oxygen atoms in total. The van der Waals surface area contributed by atoms with Crippen molar-refractivity contribution in [2.45, 2.75) is 6.42 Å². The summed E-state index contributed by atoms with van der Waals surface area (Å²) in [5.74, 6) is 0.143. The van der Waals surface area contributed by atoms with Crippen LogP contribution in [0, 0.1) is 11.3 Å². The fraction of sp³-hybridized carbons (Fsp3) is 0.125. The van der Waals surface area contributed by atoms with Crippen molar-refractivity contribution in [1.29, 1.82) is 5.26 Å². The van der Waals surface area contributed by atoms with Gasteiger partial charge in [0.1, 0.15) is 17.1 Å². The summed E-state index contributed by atoms with van der Waals surface area (Å²) < 4.78 is 6.88. The number of hydrogen-bond donors (Lipinski definition) is 1. The lowest BCUT2D eigenvalue weighted by Gasteiger charge is -2.08. The van der Waals surface area contributed by atoms with Crippen molar-refractivity contribution in [2.24, 2.45) is 0 Å². The van der Waals surface area contributed by atoms with Crippen molar-refractivity contribution < 1.29 is 14.6 Å². The molecule has 2 heterocycles. The van der Waals surface area contributed by atoms with Crippen molar-refractivity contribution in [3.05, 3.63) is 47.9 Å². The number of hydrogen-bond acceptors (Lipinski definition) is 5. The SMILES string of the molecule is COc1ccc(-n2c(CC#N)nc3cc(C(=O)O)cnc32)cc1. The summed E-state index contributed by atoms with van der Waals surface area (Å²) in [6.07, 6.45) is 1.37. The Bertz CT molecular complexity index is 923. The maximum Gasteiger partial charge on any atom is 0.337 e. The van der Waals surface area contributed by atoms with Gasteiger partial charge in [0.2, 0.25) is 0 Å². The van der Waals surface area contributed by atoms with Crippen LogP contribution >= 0.6 is 0 Å². The number of ether oxygens (including phenoxy) is 1. The molecule has 2 aromatic heterocycles. The highest BCUT2D eigenvalue weighted by molar-refractivity contribution is 5.91. The third kappa shape index (κ3) is 2.58. The van der Waals surface area contributed by atoms with Gasteiger partial charge in [-0.15, -0.1) is 0 Å². The maximum absolute atomic E-state index is 11.1. The lowest BCUT2D eigenvalue weighted by molar-refractivity contribution is 0.0696. The van der Waals surface area contributed by atoms with Crippen LogP contribution in [-0.2, 0) is 6.42 Å². The molecule has 0 saturated carbocycles. The quantitative estimate of drug-likeness (QED) is 0.792. The zero-order valence-electron chi connectivity index (χ0n) is 12.2. The maximum atomic E-state index is 11.1. The minimum absolute atomic E-state index is 0.0559. The van der Waals surface area contributed by atoms with E-state index in [1.54, 1.807) is 23.8 Å². The topological polar surface area (TPSA) is 101 Å². The van der Waals surface area contributed by atoms with E-state index in [0.29, 0.717) is 22.7 Å². The highest BCUT2D eigenvalue weighted by atomic mass is 16.5. The first-order valence-electron chi connectivity index (χ1n) is 6.76. The second-order valence-electron chi connectivity index (χ2n) is 4.77. The summed E-state index contributed by atoms with van der Waals surface area (Å²) in [7, 11) is 1.58. The van der Waals surface area contributed by atoms with Crippen molar-refractivity contribution in [3.63, 3.8) is 0 Å². The van der Waals surface area contributed by atoms with Crippen molar-refractivity contribution in [3.8, 4) is 17.5 Å². The van der Waals surface area contributed by atoms with E-state index in [4.69, 9.17) is 15.1 Å². The van der Waals surface area contributed by atoms with Crippen LogP contribution in [0.1, 0.15) is 16.2 Å². The Labute approximate surface area is 131 Å². The fourth-order valence-corrected chi connectivity index (χ4v) is 2.32. The molecule has 0 aliphatic carbocycles. The van der Waals surface area contributed by atoms with Crippen LogP contribution in [0.25, 0.3) is 16.9 Å². The molecule has 0 radical (unpaired) electrons. The van der Waals surface area contributed by atoms with E-state index in [9.17, 15) is 4.79 Å². The van der Waals surface area contributed by atoms with E-state index in [1.165, 1.54) is 12.3 Å². The Morgan fingerprint density at radius 3 is 2.74 bits per heavy atom. The number of carboxylic acids is 1. The van der Waals surface area contributed by atoms with E-state index < -0.39 is 5.97 Å². The first-order chi connectivity index (χ1) is 11.1. The van der Waals surface area contributed by atoms with Crippen LogP contribution in [-0.4, -0.2) is 32.7 Å². The van der Waals surface area contributed by atoms with Gasteiger partial charge in [-0.2, -0.15) is 5.26 Å². The van der Waals surface area contributed by atoms with Crippen LogP contribution in [0.2, 0.25) is 0 Å². The molecule has 1 aromatic carbocycles. The molecule has 0 amide bonds. The molecule has 0 spiro atoms. The van der Waals surface area contributed by atoms with Crippen LogP contribution in [0.15, 0.2) is 36.5 Å². The molecule has 0 aliphatic heterocycles. The number of pyridine rings is 1. The summed E-state index contributed by atoms with van der Waals surface area (Å²) in [5, 5.41) is 18.1. The largest absolute Gasteiger partial charge is 0.497 e. The zero-order valence-corrected chi connectivity index (χ0v) is 12.2. The Hall–Kier alpha value is -3.40. The number of nitriles is 1. The van der Waals surface area contributed by atoms with Crippen molar-refractivity contribution in [1.82, 2.24) is 14.5 Å². The predicted molar refractivity (Wildman–Crippen MR) is 81.7 cm³/mol. The van der Waals surface area contributed by atoms with E-state index in [0.717, 1.165) is 5.69 Å². The van der Waals surface area contributed by atoms with E-state index in [1.807, 2.05) is 12.1 Å². The lowest BCUT2D eigenvalue weighted by atomic mass is 10.2. The second-order valence-corrected chi connectivity index (χ2v) is 4.77. The molecule has 3 rings (SSSR count). The van der Waals surface area contributed by atoms with Crippen LogP contribution in [0.3, 0.4) is 0 Å². The van der Waals surface area contributed by atoms with Gasteiger partial charge in [-0.05, 0) is 30.3 Å². The molecule has 3 aromatic rings. The molecule has 1 N–H and O–H groups in total. The molecule has 0 unspecified atom stereocenters. The summed E-state index contributed by atoms with van der Waals surface area (Å²) in [6, 6.07) is 10.8. The van der Waals surface area contributed by atoms with Gasteiger partial charge in [-0.1, -0.05) is 0 Å². The van der Waals surface area contributed by atoms with E-state index in [2.05, 4.69) is 16.0 Å². The average Bonchev–Trinajstić information content (AvgIpc) is 2.92. The number of fused-ring (bicyclic) bond motifs is 1. The van der Waals surface area contributed by atoms with Gasteiger partial charge in [0, 0.05) is 11.9 Å². The molecule has 0 aliphatic rings. The van der Waals surface area contributed by atoms with Gasteiger partial charge >= 0.3 is 5.97 Å². The Morgan fingerprint density at radius 1 is 1.39 bits per heavy atom. The number of aromatic carboxylic acids is 1. The van der Waals surface area contributed by atoms with Crippen LogP contribution in [0.5, 0.6) is 5.75 Å². The Balaban J connectivity index is 2.22. The van der Waals surface area contributed by atoms with Crippen LogP contribution in [0.4, 0.5) is 0 Å². The lowest BCUT2D eigenvalue weighted by Crippen LogP contribution is -2.02. The number of rotatable bonds is 4. The van der Waals surface area contributed by atoms with Crippen molar-refractivity contribution in [2.75, 3.05) is 7.11 Å². The number of nitrogens with zero attached hydrogens (tertiary/aromatic N) is 4. The monoisotopic (exact) mass is 308 g/mol. The Morgan fingerprint density at radius 2 is 2.13 bits per heavy atom. The van der Waals surface area contributed by atoms with E-state index in [-0.39, 0.29) is 12.0 Å².